The van der Waals surface area contributed by atoms with E-state index in [0.717, 1.165) is 0 Å². The Morgan fingerprint density at radius 3 is 0.895 bits per heavy atom. The maximum atomic E-state index is 13.5. The van der Waals surface area contributed by atoms with Gasteiger partial charge < -0.3 is 59.2 Å². The summed E-state index contributed by atoms with van der Waals surface area (Å²) in [6.45, 7) is 23.0. The van der Waals surface area contributed by atoms with Gasteiger partial charge in [-0.2, -0.15) is 0 Å². The van der Waals surface area contributed by atoms with Crippen molar-refractivity contribution in [2.45, 2.75) is 53.4 Å². The van der Waals surface area contributed by atoms with Gasteiger partial charge in [0.05, 0.1) is 78.1 Å². The van der Waals surface area contributed by atoms with Crippen LogP contribution in [0, 0.1) is 23.3 Å². The first-order valence-corrected chi connectivity index (χ1v) is 41.5. The molecule has 0 atom stereocenters. The van der Waals surface area contributed by atoms with Gasteiger partial charge >= 0.3 is 0 Å². The first-order chi connectivity index (χ1) is 59.7. The number of benzene rings is 8. The summed E-state index contributed by atoms with van der Waals surface area (Å²) in [6, 6.07) is 31.0. The van der Waals surface area contributed by atoms with E-state index in [0.29, 0.717) is 208 Å². The van der Waals surface area contributed by atoms with E-state index in [2.05, 4.69) is 113 Å². The van der Waals surface area contributed by atoms with Crippen LogP contribution >= 0.6 is 89.9 Å². The Labute approximate surface area is 751 Å². The summed E-state index contributed by atoms with van der Waals surface area (Å²) in [5, 5.41) is 14.9. The summed E-state index contributed by atoms with van der Waals surface area (Å²) >= 11 is 35.5. The van der Waals surface area contributed by atoms with Crippen molar-refractivity contribution < 1.29 is 79.0 Å². The maximum absolute atomic E-state index is 13.5. The fourth-order valence-corrected chi connectivity index (χ4v) is 12.6. The zero-order valence-corrected chi connectivity index (χ0v) is 73.9. The van der Waals surface area contributed by atoms with Gasteiger partial charge in [0.2, 0.25) is 0 Å². The van der Waals surface area contributed by atoms with E-state index in [1.165, 1.54) is 91.0 Å². The Morgan fingerprint density at radius 2 is 0.653 bits per heavy atom. The molecule has 0 fully saturated rings. The third-order valence-electron chi connectivity index (χ3n) is 17.3. The van der Waals surface area contributed by atoms with E-state index in [9.17, 15) is 41.1 Å². The van der Waals surface area contributed by atoms with E-state index < -0.39 is 34.9 Å². The van der Waals surface area contributed by atoms with Crippen molar-refractivity contribution >= 4 is 203 Å². The van der Waals surface area contributed by atoms with Crippen molar-refractivity contribution in [3.05, 3.63) is 258 Å². The van der Waals surface area contributed by atoms with Crippen LogP contribution in [-0.2, 0) is 63.8 Å². The predicted octanol–water partition coefficient (Wildman–Crippen LogP) is 21.8. The molecule has 12 aromatic rings. The molecule has 0 bridgehead atoms. The number of Topliss-reactive ketones (excluding diaryl/α,β-unsaturated/α-hetero) is 3. The van der Waals surface area contributed by atoms with Crippen molar-refractivity contribution in [2.24, 2.45) is 0 Å². The molecule has 0 radical (unpaired) electrons. The summed E-state index contributed by atoms with van der Waals surface area (Å²) in [4.78, 5) is 84.5. The van der Waals surface area contributed by atoms with Crippen LogP contribution in [-0.4, -0.2) is 142 Å². The summed E-state index contributed by atoms with van der Waals surface area (Å²) in [5.74, 6) is -0.650. The first kappa shape index (κ1) is 96.9. The van der Waals surface area contributed by atoms with E-state index in [1.54, 1.807) is 60.7 Å². The topological polar surface area (TPSA) is 293 Å². The number of nitrogens with one attached hydrogen (secondary N) is 4. The number of anilines is 8. The van der Waals surface area contributed by atoms with Crippen molar-refractivity contribution in [3.8, 4) is 23.0 Å². The van der Waals surface area contributed by atoms with Gasteiger partial charge in [0, 0.05) is 143 Å². The average molecular weight is 1930 g/mol. The van der Waals surface area contributed by atoms with E-state index in [-0.39, 0.29) is 79.2 Å². The normalized spacial score (nSPS) is 10.9. The fraction of sp³-hybridized carbons (Fsp3) is 0.227. The third kappa shape index (κ3) is 28.8. The second-order valence-electron chi connectivity index (χ2n) is 25.9. The molecular formula is C88H80Br2Cl5F5N12O12. The molecular weight excluding hydrogens is 1850 g/mol. The SMILES string of the molecule is C=C(Br)C(=O)Cc1cc2c(Nc3ccc(F)c(Cl)c3)ncnc2cc1OCCOCC.C=C(Cl)C(=O)Cc1cc2c(Nc3ccc(F)c(Cl)c3)ncnc2cc1OCCOCC.C=C(F)C(=O)Cc1cc2c(Nc3ccc(F)c(Cl)c3)ncnc2cc1OCCOCC.CCOCCOc1cc2ncnc(Nc3ccc(F)c(Cl)c3)c2cc1CC(=O)/C=C\Br. The van der Waals surface area contributed by atoms with E-state index >= 15 is 0 Å². The minimum atomic E-state index is -1.04. The molecule has 8 aromatic carbocycles. The van der Waals surface area contributed by atoms with Crippen LogP contribution in [0.4, 0.5) is 68.0 Å². The summed E-state index contributed by atoms with van der Waals surface area (Å²) in [5.41, 5.74) is 6.97. The highest BCUT2D eigenvalue weighted by atomic mass is 79.9. The van der Waals surface area contributed by atoms with Gasteiger partial charge in [0.1, 0.15) is 121 Å². The molecule has 648 valence electrons. The number of ketones is 4. The van der Waals surface area contributed by atoms with E-state index in [1.807, 2.05) is 33.8 Å². The van der Waals surface area contributed by atoms with Crippen LogP contribution in [0.1, 0.15) is 49.9 Å². The zero-order valence-electron chi connectivity index (χ0n) is 67.0. The van der Waals surface area contributed by atoms with Gasteiger partial charge in [0.25, 0.3) is 0 Å². The number of nitrogens with zero attached hydrogens (tertiary/aromatic N) is 8. The summed E-state index contributed by atoms with van der Waals surface area (Å²) in [6.07, 6.45) is 6.99. The summed E-state index contributed by atoms with van der Waals surface area (Å²) in [7, 11) is 0. The number of hydrogen-bond donors (Lipinski definition) is 4. The smallest absolute Gasteiger partial charge is 0.195 e. The Morgan fingerprint density at radius 1 is 0.387 bits per heavy atom. The van der Waals surface area contributed by atoms with Crippen molar-refractivity contribution in [2.75, 3.05) is 101 Å². The van der Waals surface area contributed by atoms with Crippen molar-refractivity contribution in [1.82, 2.24) is 39.9 Å². The second-order valence-corrected chi connectivity index (χ2v) is 29.5. The molecule has 0 aliphatic heterocycles. The number of aromatic nitrogens is 8. The van der Waals surface area contributed by atoms with Crippen molar-refractivity contribution in [3.63, 3.8) is 0 Å². The number of allylic oxidation sites excluding steroid dienone is 4. The lowest BCUT2D eigenvalue weighted by Gasteiger charge is -2.14. The van der Waals surface area contributed by atoms with Crippen LogP contribution < -0.4 is 40.2 Å². The molecule has 0 unspecified atom stereocenters. The molecule has 4 heterocycles. The highest BCUT2D eigenvalue weighted by molar-refractivity contribution is 9.12. The molecule has 124 heavy (non-hydrogen) atoms. The Kier molecular flexibility index (Phi) is 38.2. The first-order valence-electron chi connectivity index (χ1n) is 37.9. The number of carbonyl (C=O) groups is 4. The van der Waals surface area contributed by atoms with Gasteiger partial charge in [-0.3, -0.25) is 19.2 Å². The monoisotopic (exact) mass is 1920 g/mol. The number of ether oxygens (including phenoxy) is 8. The van der Waals surface area contributed by atoms with E-state index in [4.69, 9.17) is 95.9 Å². The molecule has 0 saturated heterocycles. The minimum absolute atomic E-state index is 0.00104. The molecule has 24 nitrogen and oxygen atoms in total. The Bertz CT molecular complexity index is 5480. The van der Waals surface area contributed by atoms with Crippen LogP contribution in [0.3, 0.4) is 0 Å². The van der Waals surface area contributed by atoms with Crippen LogP contribution in [0.2, 0.25) is 20.1 Å². The molecule has 4 N–H and O–H groups in total. The van der Waals surface area contributed by atoms with Gasteiger partial charge in [0.15, 0.2) is 29.0 Å². The maximum Gasteiger partial charge on any atom is 0.195 e. The number of rotatable bonds is 40. The molecule has 4 aromatic heterocycles. The standard InChI is InChI=1S/2C22H20BrClFN3O3.C22H20Cl2FN3O3.C22H20ClF2N3O3/c1-3-30-6-7-31-21-11-19-16(8-14(21)9-20(29)13(2)23)22(27-12-26-19)28-15-4-5-18(25)17(24)10-15;1-2-30-7-8-31-21-12-20-17(10-14(21)9-16(29)5-6-23)22(27-13-26-20)28-15-3-4-19(25)18(24)11-15;1-3-30-6-7-31-21-11-19-16(8-14(21)9-20(29)13(2)23)22(27-12-26-19)28-15-4-5-18(25)17(24)10-15;1-3-30-6-7-31-21-11-19-16(8-14(21)9-20(29)13(2)24)22(27-12-26-19)28-15-4-5-18(25)17(23)10-15/h4-5,8,10-12H,2-3,6-7,9H2,1H3,(H,26,27,28);3-6,10-13H,2,7-9H2,1H3,(H,26,27,28);2*4-5,8,10-12H,2-3,6-7,9H2,1H3,(H,26,27,28)/b;6-5-;;. The molecule has 0 saturated carbocycles. The van der Waals surface area contributed by atoms with Crippen LogP contribution in [0.25, 0.3) is 43.6 Å². The van der Waals surface area contributed by atoms with Crippen molar-refractivity contribution in [1.29, 1.82) is 0 Å². The number of fused-ring (bicyclic) bond motifs is 4. The minimum Gasteiger partial charge on any atom is -0.491 e. The third-order valence-corrected chi connectivity index (χ3v) is 19.4. The van der Waals surface area contributed by atoms with Gasteiger partial charge in [-0.15, -0.1) is 0 Å². The van der Waals surface area contributed by atoms with Gasteiger partial charge in [-0.1, -0.05) is 93.7 Å². The lowest BCUT2D eigenvalue weighted by molar-refractivity contribution is -0.116. The van der Waals surface area contributed by atoms with Gasteiger partial charge in [-0.25, -0.2) is 61.8 Å². The second kappa shape index (κ2) is 48.9. The number of carbonyl (C=O) groups excluding carboxylic acids is 4. The van der Waals surface area contributed by atoms with Crippen LogP contribution in [0.15, 0.2) is 193 Å². The van der Waals surface area contributed by atoms with Crippen LogP contribution in [0.5, 0.6) is 23.0 Å². The largest absolute Gasteiger partial charge is 0.491 e. The average Bonchev–Trinajstić information content (AvgIpc) is 0.795. The highest BCUT2D eigenvalue weighted by Gasteiger charge is 2.22. The van der Waals surface area contributed by atoms with Gasteiger partial charge in [-0.05, 0) is 152 Å². The number of hydrogen-bond acceptors (Lipinski definition) is 24. The highest BCUT2D eigenvalue weighted by Crippen LogP contribution is 2.38. The zero-order chi connectivity index (χ0) is 89.4. The molecule has 0 spiro atoms. The lowest BCUT2D eigenvalue weighted by Crippen LogP contribution is -2.10. The molecule has 36 heteroatoms. The molecule has 0 amide bonds. The summed E-state index contributed by atoms with van der Waals surface area (Å²) < 4.78 is 112. The number of halogens is 12. The Balaban J connectivity index is 0.000000187. The lowest BCUT2D eigenvalue weighted by atomic mass is 10.0. The molecule has 0 aliphatic rings. The predicted molar refractivity (Wildman–Crippen MR) is 481 cm³/mol. The Hall–Kier alpha value is -10.9. The quantitative estimate of drug-likeness (QED) is 0.0158. The molecule has 0 aliphatic carbocycles. The fourth-order valence-electron chi connectivity index (χ4n) is 11.4. The molecule has 12 rings (SSSR count).